The summed E-state index contributed by atoms with van der Waals surface area (Å²) in [7, 11) is 0. The van der Waals surface area contributed by atoms with Gasteiger partial charge in [0.25, 0.3) is 0 Å². The van der Waals surface area contributed by atoms with E-state index in [4.69, 9.17) is 0 Å². The molecule has 5 nitrogen and oxygen atoms in total. The lowest BCUT2D eigenvalue weighted by Gasteiger charge is -2.22. The molecule has 0 aromatic heterocycles. The van der Waals surface area contributed by atoms with Crippen molar-refractivity contribution < 1.29 is 14.0 Å². The zero-order valence-corrected chi connectivity index (χ0v) is 15.7. The Hall–Kier alpha value is -2.89. The van der Waals surface area contributed by atoms with E-state index in [-0.39, 0.29) is 23.7 Å². The maximum Gasteiger partial charge on any atom is 0.321 e. The lowest BCUT2D eigenvalue weighted by Crippen LogP contribution is -2.39. The summed E-state index contributed by atoms with van der Waals surface area (Å²) in [5.41, 5.74) is 2.27. The first-order valence-electron chi connectivity index (χ1n) is 9.81. The molecule has 1 saturated carbocycles. The van der Waals surface area contributed by atoms with Crippen molar-refractivity contribution >= 4 is 17.6 Å². The van der Waals surface area contributed by atoms with E-state index in [1.807, 2.05) is 35.2 Å². The van der Waals surface area contributed by atoms with Crippen LogP contribution in [0.3, 0.4) is 0 Å². The van der Waals surface area contributed by atoms with Crippen LogP contribution in [0.5, 0.6) is 0 Å². The van der Waals surface area contributed by atoms with Gasteiger partial charge in [-0.3, -0.25) is 4.79 Å². The molecule has 4 rings (SSSR count). The molecule has 2 aromatic carbocycles. The highest BCUT2D eigenvalue weighted by Gasteiger charge is 2.34. The van der Waals surface area contributed by atoms with E-state index in [0.717, 1.165) is 30.4 Å². The van der Waals surface area contributed by atoms with Crippen LogP contribution in [0.2, 0.25) is 0 Å². The van der Waals surface area contributed by atoms with Crippen molar-refractivity contribution in [3.8, 4) is 11.1 Å². The van der Waals surface area contributed by atoms with Gasteiger partial charge in [0.2, 0.25) is 5.91 Å². The Morgan fingerprint density at radius 2 is 1.57 bits per heavy atom. The number of anilines is 1. The van der Waals surface area contributed by atoms with Crippen molar-refractivity contribution in [2.75, 3.05) is 31.5 Å². The minimum Gasteiger partial charge on any atom is -0.341 e. The van der Waals surface area contributed by atoms with Crippen LogP contribution < -0.4 is 5.32 Å². The minimum atomic E-state index is -0.290. The number of nitrogens with one attached hydrogen (secondary N) is 1. The molecule has 0 bridgehead atoms. The highest BCUT2D eigenvalue weighted by Crippen LogP contribution is 2.31. The first-order valence-corrected chi connectivity index (χ1v) is 9.81. The van der Waals surface area contributed by atoms with Crippen LogP contribution in [-0.4, -0.2) is 47.9 Å². The number of carbonyl (C=O) groups excluding carboxylic acids is 2. The van der Waals surface area contributed by atoms with Gasteiger partial charge in [-0.05, 0) is 54.7 Å². The summed E-state index contributed by atoms with van der Waals surface area (Å²) in [6.45, 7) is 2.47. The standard InChI is InChI=1S/C22H24FN3O2/c23-19-6-1-4-17(14-19)18-5-2-7-20(15-18)24-22(28)26-11-3-10-25(12-13-26)21(27)16-8-9-16/h1-2,4-7,14-16H,3,8-13H2,(H,24,28). The second-order valence-electron chi connectivity index (χ2n) is 7.46. The van der Waals surface area contributed by atoms with Crippen molar-refractivity contribution in [2.24, 2.45) is 5.92 Å². The number of hydrogen-bond acceptors (Lipinski definition) is 2. The monoisotopic (exact) mass is 381 g/mol. The Balaban J connectivity index is 1.39. The predicted molar refractivity (Wildman–Crippen MR) is 106 cm³/mol. The van der Waals surface area contributed by atoms with Crippen LogP contribution in [-0.2, 0) is 4.79 Å². The SMILES string of the molecule is O=C(Nc1cccc(-c2cccc(F)c2)c1)N1CCCN(C(=O)C2CC2)CC1. The number of benzene rings is 2. The highest BCUT2D eigenvalue weighted by atomic mass is 19.1. The van der Waals surface area contributed by atoms with Crippen LogP contribution in [0.25, 0.3) is 11.1 Å². The third-order valence-electron chi connectivity index (χ3n) is 5.29. The molecule has 2 aliphatic rings. The van der Waals surface area contributed by atoms with Crippen LogP contribution in [0, 0.1) is 11.7 Å². The number of amides is 3. The second-order valence-corrected chi connectivity index (χ2v) is 7.46. The molecular formula is C22H24FN3O2. The van der Waals surface area contributed by atoms with Crippen LogP contribution in [0.1, 0.15) is 19.3 Å². The number of nitrogens with zero attached hydrogens (tertiary/aromatic N) is 2. The molecule has 6 heteroatoms. The van der Waals surface area contributed by atoms with E-state index in [0.29, 0.717) is 31.9 Å². The normalized spacial score (nSPS) is 17.2. The van der Waals surface area contributed by atoms with Crippen molar-refractivity contribution in [3.63, 3.8) is 0 Å². The maximum absolute atomic E-state index is 13.5. The van der Waals surface area contributed by atoms with Gasteiger partial charge in [0.15, 0.2) is 0 Å². The van der Waals surface area contributed by atoms with Gasteiger partial charge in [0, 0.05) is 37.8 Å². The number of rotatable bonds is 3. The highest BCUT2D eigenvalue weighted by molar-refractivity contribution is 5.90. The molecule has 0 radical (unpaired) electrons. The number of hydrogen-bond donors (Lipinski definition) is 1. The average molecular weight is 381 g/mol. The van der Waals surface area contributed by atoms with E-state index >= 15 is 0 Å². The average Bonchev–Trinajstić information content (AvgIpc) is 3.54. The van der Waals surface area contributed by atoms with Crippen molar-refractivity contribution in [1.29, 1.82) is 0 Å². The Morgan fingerprint density at radius 3 is 2.32 bits per heavy atom. The fourth-order valence-electron chi connectivity index (χ4n) is 3.58. The topological polar surface area (TPSA) is 52.7 Å². The fourth-order valence-corrected chi connectivity index (χ4v) is 3.58. The minimum absolute atomic E-state index is 0.169. The molecule has 1 N–H and O–H groups in total. The molecule has 2 aromatic rings. The molecule has 0 unspecified atom stereocenters. The third-order valence-corrected chi connectivity index (χ3v) is 5.29. The van der Waals surface area contributed by atoms with Gasteiger partial charge in [-0.15, -0.1) is 0 Å². The van der Waals surface area contributed by atoms with Crippen LogP contribution in [0.15, 0.2) is 48.5 Å². The molecule has 2 fully saturated rings. The molecule has 1 heterocycles. The summed E-state index contributed by atoms with van der Waals surface area (Å²) in [4.78, 5) is 28.6. The molecule has 1 aliphatic heterocycles. The first-order chi connectivity index (χ1) is 13.6. The van der Waals surface area contributed by atoms with Gasteiger partial charge in [0.1, 0.15) is 5.82 Å². The smallest absolute Gasteiger partial charge is 0.321 e. The predicted octanol–water partition coefficient (Wildman–Crippen LogP) is 3.97. The zero-order valence-electron chi connectivity index (χ0n) is 15.7. The first kappa shape index (κ1) is 18.5. The van der Waals surface area contributed by atoms with Gasteiger partial charge in [0.05, 0.1) is 0 Å². The Labute approximate surface area is 164 Å². The maximum atomic E-state index is 13.5. The molecule has 1 saturated heterocycles. The van der Waals surface area contributed by atoms with E-state index < -0.39 is 0 Å². The molecule has 0 atom stereocenters. The lowest BCUT2D eigenvalue weighted by atomic mass is 10.1. The van der Waals surface area contributed by atoms with E-state index in [1.54, 1.807) is 11.0 Å². The molecule has 28 heavy (non-hydrogen) atoms. The molecule has 3 amide bonds. The number of urea groups is 1. The third kappa shape index (κ3) is 4.32. The molecular weight excluding hydrogens is 357 g/mol. The number of carbonyl (C=O) groups is 2. The van der Waals surface area contributed by atoms with Crippen molar-refractivity contribution in [2.45, 2.75) is 19.3 Å². The van der Waals surface area contributed by atoms with E-state index in [1.165, 1.54) is 12.1 Å². The quantitative estimate of drug-likeness (QED) is 0.875. The summed E-state index contributed by atoms with van der Waals surface area (Å²) >= 11 is 0. The fraction of sp³-hybridized carbons (Fsp3) is 0.364. The summed E-state index contributed by atoms with van der Waals surface area (Å²) in [6, 6.07) is 13.6. The van der Waals surface area contributed by atoms with Gasteiger partial charge in [-0.25, -0.2) is 9.18 Å². The zero-order chi connectivity index (χ0) is 19.5. The van der Waals surface area contributed by atoms with Gasteiger partial charge in [-0.1, -0.05) is 24.3 Å². The Morgan fingerprint density at radius 1 is 0.893 bits per heavy atom. The lowest BCUT2D eigenvalue weighted by molar-refractivity contribution is -0.132. The largest absolute Gasteiger partial charge is 0.341 e. The van der Waals surface area contributed by atoms with E-state index in [9.17, 15) is 14.0 Å². The molecule has 1 aliphatic carbocycles. The molecule has 146 valence electrons. The van der Waals surface area contributed by atoms with Gasteiger partial charge < -0.3 is 15.1 Å². The van der Waals surface area contributed by atoms with Crippen LogP contribution >= 0.6 is 0 Å². The van der Waals surface area contributed by atoms with Gasteiger partial charge >= 0.3 is 6.03 Å². The summed E-state index contributed by atoms with van der Waals surface area (Å²) < 4.78 is 13.5. The molecule has 0 spiro atoms. The van der Waals surface area contributed by atoms with Crippen molar-refractivity contribution in [3.05, 3.63) is 54.3 Å². The Kier molecular flexibility index (Phi) is 5.28. The summed E-state index contributed by atoms with van der Waals surface area (Å²) in [6.07, 6.45) is 2.79. The number of halogens is 1. The summed E-state index contributed by atoms with van der Waals surface area (Å²) in [5, 5.41) is 2.93. The Bertz CT molecular complexity index is 882. The second kappa shape index (κ2) is 8.00. The summed E-state index contributed by atoms with van der Waals surface area (Å²) in [5.74, 6) is 0.165. The van der Waals surface area contributed by atoms with E-state index in [2.05, 4.69) is 5.32 Å². The van der Waals surface area contributed by atoms with Crippen molar-refractivity contribution in [1.82, 2.24) is 9.80 Å². The van der Waals surface area contributed by atoms with Crippen LogP contribution in [0.4, 0.5) is 14.9 Å². The van der Waals surface area contributed by atoms with Gasteiger partial charge in [-0.2, -0.15) is 0 Å².